The maximum absolute atomic E-state index is 13.2. The van der Waals surface area contributed by atoms with Crippen molar-refractivity contribution in [2.45, 2.75) is 42.0 Å². The monoisotopic (exact) mass is 476 g/mol. The number of hydrogen-bond acceptors (Lipinski definition) is 1. The lowest BCUT2D eigenvalue weighted by Crippen LogP contribution is -2.70. The van der Waals surface area contributed by atoms with E-state index < -0.39 is 59.3 Å². The van der Waals surface area contributed by atoms with E-state index in [0.29, 0.717) is 0 Å². The summed E-state index contributed by atoms with van der Waals surface area (Å²) in [5.41, 5.74) is -4.34. The van der Waals surface area contributed by atoms with Crippen LogP contribution in [0, 0.1) is 0 Å². The summed E-state index contributed by atoms with van der Waals surface area (Å²) in [7, 11) is 0. The molecular weight excluding hydrogens is 475 g/mol. The van der Waals surface area contributed by atoms with Gasteiger partial charge in [-0.15, -0.1) is 0 Å². The molecule has 0 aliphatic carbocycles. The number of rotatable bonds is 6. The van der Waals surface area contributed by atoms with Crippen LogP contribution in [0.3, 0.4) is 0 Å². The molecule has 0 amide bonds. The SMILES string of the molecule is O=C(O)C(=C(F)C(F)(F)C(F)(F)C(F)(F)C(F)(F)C(F)(F)C(F)(F)F)C(F)(F)F. The van der Waals surface area contributed by atoms with Crippen molar-refractivity contribution in [2.75, 3.05) is 0 Å². The highest BCUT2D eigenvalue weighted by molar-refractivity contribution is 5.89. The van der Waals surface area contributed by atoms with Crippen LogP contribution in [0.1, 0.15) is 0 Å². The Morgan fingerprint density at radius 2 is 0.862 bits per heavy atom. The molecule has 0 saturated heterocycles. The van der Waals surface area contributed by atoms with Crippen molar-refractivity contribution in [1.29, 1.82) is 0 Å². The van der Waals surface area contributed by atoms with E-state index >= 15 is 0 Å². The van der Waals surface area contributed by atoms with Crippen molar-refractivity contribution in [3.8, 4) is 0 Å². The van der Waals surface area contributed by atoms with E-state index in [1.54, 1.807) is 0 Å². The molecule has 0 aliphatic heterocycles. The molecule has 0 saturated carbocycles. The summed E-state index contributed by atoms with van der Waals surface area (Å²) >= 11 is 0. The number of allylic oxidation sites excluding steroid dienone is 1. The van der Waals surface area contributed by atoms with Crippen molar-refractivity contribution in [2.24, 2.45) is 0 Å². The van der Waals surface area contributed by atoms with Crippen LogP contribution in [0.2, 0.25) is 0 Å². The van der Waals surface area contributed by atoms with Gasteiger partial charge in [-0.2, -0.15) is 70.2 Å². The van der Waals surface area contributed by atoms with E-state index in [1.807, 2.05) is 0 Å². The molecule has 0 radical (unpaired) electrons. The summed E-state index contributed by atoms with van der Waals surface area (Å²) in [6.45, 7) is 0. The van der Waals surface area contributed by atoms with Crippen LogP contribution in [0.25, 0.3) is 0 Å². The minimum absolute atomic E-state index is 3.87. The topological polar surface area (TPSA) is 37.3 Å². The van der Waals surface area contributed by atoms with Gasteiger partial charge in [0.05, 0.1) is 0 Å². The Morgan fingerprint density at radius 1 is 0.552 bits per heavy atom. The van der Waals surface area contributed by atoms with Gasteiger partial charge in [0.1, 0.15) is 0 Å². The van der Waals surface area contributed by atoms with Gasteiger partial charge in [0.15, 0.2) is 11.4 Å². The maximum atomic E-state index is 13.2. The fourth-order valence-corrected chi connectivity index (χ4v) is 1.40. The maximum Gasteiger partial charge on any atom is 0.460 e. The Bertz CT molecular complexity index is 679. The normalized spacial score (nSPS) is 16.6. The first-order chi connectivity index (χ1) is 12.2. The Hall–Kier alpha value is -1.98. The highest BCUT2D eigenvalue weighted by Gasteiger charge is 2.91. The third kappa shape index (κ3) is 3.78. The lowest BCUT2D eigenvalue weighted by molar-refractivity contribution is -0.437. The third-order valence-corrected chi connectivity index (χ3v) is 2.93. The van der Waals surface area contributed by atoms with Crippen molar-refractivity contribution in [3.63, 3.8) is 0 Å². The van der Waals surface area contributed by atoms with Gasteiger partial charge >= 0.3 is 47.9 Å². The van der Waals surface area contributed by atoms with Crippen LogP contribution in [0.5, 0.6) is 0 Å². The summed E-state index contributed by atoms with van der Waals surface area (Å²) in [5.74, 6) is -50.6. The average Bonchev–Trinajstić information content (AvgIpc) is 2.42. The second kappa shape index (κ2) is 6.78. The van der Waals surface area contributed by atoms with Crippen LogP contribution in [0.15, 0.2) is 11.4 Å². The lowest BCUT2D eigenvalue weighted by Gasteiger charge is -2.39. The molecule has 0 aromatic heterocycles. The van der Waals surface area contributed by atoms with Gasteiger partial charge in [0.2, 0.25) is 0 Å². The molecule has 2 nitrogen and oxygen atoms in total. The number of carboxylic acid groups (broad SMARTS) is 1. The summed E-state index contributed by atoms with van der Waals surface area (Å²) in [5, 5.41) is 7.91. The zero-order valence-electron chi connectivity index (χ0n) is 12.3. The minimum Gasteiger partial charge on any atom is -0.478 e. The molecule has 0 unspecified atom stereocenters. The van der Waals surface area contributed by atoms with Crippen LogP contribution >= 0.6 is 0 Å². The molecule has 0 atom stereocenters. The fourth-order valence-electron chi connectivity index (χ4n) is 1.40. The molecular formula is C10HF17O2. The second-order valence-corrected chi connectivity index (χ2v) is 4.86. The van der Waals surface area contributed by atoms with Crippen LogP contribution in [-0.4, -0.2) is 53.0 Å². The van der Waals surface area contributed by atoms with Gasteiger partial charge in [-0.05, 0) is 0 Å². The van der Waals surface area contributed by atoms with Gasteiger partial charge in [0.25, 0.3) is 0 Å². The molecule has 19 heteroatoms. The summed E-state index contributed by atoms with van der Waals surface area (Å²) in [6, 6.07) is 0. The zero-order valence-corrected chi connectivity index (χ0v) is 12.3. The van der Waals surface area contributed by atoms with Crippen LogP contribution in [-0.2, 0) is 4.79 Å². The smallest absolute Gasteiger partial charge is 0.460 e. The molecule has 0 fully saturated rings. The predicted molar refractivity (Wildman–Crippen MR) is 52.6 cm³/mol. The van der Waals surface area contributed by atoms with E-state index in [-0.39, 0.29) is 0 Å². The van der Waals surface area contributed by atoms with Crippen molar-refractivity contribution >= 4 is 5.97 Å². The summed E-state index contributed by atoms with van der Waals surface area (Å²) in [4.78, 5) is 10.1. The number of aliphatic carboxylic acids is 1. The van der Waals surface area contributed by atoms with E-state index in [9.17, 15) is 79.4 Å². The second-order valence-electron chi connectivity index (χ2n) is 4.86. The predicted octanol–water partition coefficient (Wildman–Crippen LogP) is 5.60. The Kier molecular flexibility index (Phi) is 6.32. The number of carbonyl (C=O) groups is 1. The van der Waals surface area contributed by atoms with Crippen molar-refractivity contribution < 1.29 is 84.5 Å². The average molecular weight is 476 g/mol. The van der Waals surface area contributed by atoms with Crippen LogP contribution < -0.4 is 0 Å². The molecule has 0 aliphatic rings. The Balaban J connectivity index is 6.93. The van der Waals surface area contributed by atoms with Crippen LogP contribution in [0.4, 0.5) is 74.6 Å². The quantitative estimate of drug-likeness (QED) is 0.401. The van der Waals surface area contributed by atoms with E-state index in [2.05, 4.69) is 0 Å². The molecule has 0 bridgehead atoms. The first-order valence-electron chi connectivity index (χ1n) is 5.89. The lowest BCUT2D eigenvalue weighted by atomic mass is 9.92. The summed E-state index contributed by atoms with van der Waals surface area (Å²) in [6.07, 6.45) is -14.6. The highest BCUT2D eigenvalue weighted by Crippen LogP contribution is 2.61. The zero-order chi connectivity index (χ0) is 24.2. The first-order valence-corrected chi connectivity index (χ1v) is 5.89. The largest absolute Gasteiger partial charge is 0.478 e. The minimum atomic E-state index is -8.57. The van der Waals surface area contributed by atoms with Crippen molar-refractivity contribution in [3.05, 3.63) is 11.4 Å². The number of alkyl halides is 16. The van der Waals surface area contributed by atoms with Crippen molar-refractivity contribution in [1.82, 2.24) is 0 Å². The third-order valence-electron chi connectivity index (χ3n) is 2.93. The molecule has 0 rings (SSSR count). The Labute approximate surface area is 145 Å². The number of halogens is 17. The van der Waals surface area contributed by atoms with Gasteiger partial charge in [-0.25, -0.2) is 9.18 Å². The standard InChI is InChI=1S/C10HF17O2/c11-2(1(3(28)29)5(14,15)16)4(12,13)6(17,18)7(19,20)8(21,22)9(23,24)10(25,26)27/h(H,28,29). The fraction of sp³-hybridized carbons (Fsp3) is 0.700. The van der Waals surface area contributed by atoms with Gasteiger partial charge in [0, 0.05) is 0 Å². The van der Waals surface area contributed by atoms with Gasteiger partial charge in [-0.3, -0.25) is 0 Å². The molecule has 0 aromatic carbocycles. The molecule has 0 spiro atoms. The molecule has 29 heavy (non-hydrogen) atoms. The highest BCUT2D eigenvalue weighted by atomic mass is 19.4. The first kappa shape index (κ1) is 27.0. The van der Waals surface area contributed by atoms with Gasteiger partial charge < -0.3 is 5.11 Å². The summed E-state index contributed by atoms with van der Waals surface area (Å²) < 4.78 is 214. The molecule has 172 valence electrons. The number of carboxylic acids is 1. The van der Waals surface area contributed by atoms with E-state index in [1.165, 1.54) is 0 Å². The van der Waals surface area contributed by atoms with Gasteiger partial charge in [-0.1, -0.05) is 0 Å². The molecule has 0 aromatic rings. The molecule has 1 N–H and O–H groups in total. The Morgan fingerprint density at radius 3 is 1.10 bits per heavy atom. The number of hydrogen-bond donors (Lipinski definition) is 1. The van der Waals surface area contributed by atoms with E-state index in [4.69, 9.17) is 5.11 Å². The van der Waals surface area contributed by atoms with E-state index in [0.717, 1.165) is 0 Å². The molecule has 0 heterocycles.